The van der Waals surface area contributed by atoms with E-state index in [9.17, 15) is 31.1 Å². The maximum absolute atomic E-state index is 12.8. The Morgan fingerprint density at radius 1 is 0.862 bits per heavy atom. The summed E-state index contributed by atoms with van der Waals surface area (Å²) in [5.41, 5.74) is -2.45. The number of alkyl halides is 6. The van der Waals surface area contributed by atoms with Crippen LogP contribution in [0.4, 0.5) is 26.3 Å². The molecule has 1 unspecified atom stereocenters. The van der Waals surface area contributed by atoms with Gasteiger partial charge < -0.3 is 4.74 Å². The Morgan fingerprint density at radius 3 is 1.66 bits per heavy atom. The van der Waals surface area contributed by atoms with Crippen molar-refractivity contribution in [3.05, 3.63) is 83.4 Å². The summed E-state index contributed by atoms with van der Waals surface area (Å²) in [4.78, 5) is 12.5. The van der Waals surface area contributed by atoms with E-state index in [1.54, 1.807) is 13.8 Å². The highest BCUT2D eigenvalue weighted by Gasteiger charge is 2.35. The minimum absolute atomic E-state index is 0.116. The fraction of sp³-hybridized carbons (Fsp3) is 0.286. The molecule has 0 spiro atoms. The van der Waals surface area contributed by atoms with E-state index in [-0.39, 0.29) is 5.56 Å². The molecule has 2 rings (SSSR count). The molecule has 0 radical (unpaired) electrons. The number of hydrogen-bond acceptors (Lipinski definition) is 2. The minimum Gasteiger partial charge on any atom is -0.453 e. The third-order valence-corrected chi connectivity index (χ3v) is 4.42. The quantitative estimate of drug-likeness (QED) is 0.303. The van der Waals surface area contributed by atoms with Crippen molar-refractivity contribution in [1.82, 2.24) is 0 Å². The van der Waals surface area contributed by atoms with E-state index in [0.717, 1.165) is 36.4 Å². The van der Waals surface area contributed by atoms with Crippen molar-refractivity contribution in [2.24, 2.45) is 5.41 Å². The van der Waals surface area contributed by atoms with Crippen LogP contribution in [0.1, 0.15) is 47.0 Å². The zero-order valence-electron chi connectivity index (χ0n) is 15.6. The average molecular weight is 416 g/mol. The summed E-state index contributed by atoms with van der Waals surface area (Å²) in [6, 6.07) is 7.59. The molecule has 29 heavy (non-hydrogen) atoms. The Balaban J connectivity index is 2.32. The first-order valence-corrected chi connectivity index (χ1v) is 8.44. The molecule has 0 saturated heterocycles. The monoisotopic (exact) mass is 416 g/mol. The molecule has 0 aliphatic rings. The molecule has 0 saturated carbocycles. The molecule has 0 fully saturated rings. The van der Waals surface area contributed by atoms with E-state index in [1.807, 2.05) is 0 Å². The Labute approximate surface area is 163 Å². The lowest BCUT2D eigenvalue weighted by Crippen LogP contribution is -2.25. The molecule has 0 aromatic heterocycles. The second-order valence-corrected chi connectivity index (χ2v) is 7.01. The molecule has 0 bridgehead atoms. The fourth-order valence-electron chi connectivity index (χ4n) is 2.57. The molecule has 0 amide bonds. The largest absolute Gasteiger partial charge is 0.453 e. The van der Waals surface area contributed by atoms with E-state index < -0.39 is 41.0 Å². The Kier molecular flexibility index (Phi) is 6.15. The number of rotatable bonds is 5. The summed E-state index contributed by atoms with van der Waals surface area (Å²) in [7, 11) is 0. The first-order valence-electron chi connectivity index (χ1n) is 8.44. The number of carbonyl (C=O) groups excluding carboxylic acids is 1. The lowest BCUT2D eigenvalue weighted by atomic mass is 9.82. The number of esters is 1. The van der Waals surface area contributed by atoms with Crippen LogP contribution in [0.2, 0.25) is 0 Å². The van der Waals surface area contributed by atoms with Gasteiger partial charge in [-0.15, -0.1) is 6.58 Å². The molecule has 2 aromatic carbocycles. The minimum atomic E-state index is -4.55. The molecule has 2 aromatic rings. The molecule has 2 nitrogen and oxygen atoms in total. The number of hydrogen-bond donors (Lipinski definition) is 0. The van der Waals surface area contributed by atoms with Gasteiger partial charge in [-0.05, 0) is 42.0 Å². The lowest BCUT2D eigenvalue weighted by Gasteiger charge is -2.31. The third-order valence-electron chi connectivity index (χ3n) is 4.42. The number of carbonyl (C=O) groups is 1. The average Bonchev–Trinajstić information content (AvgIpc) is 2.64. The Hall–Kier alpha value is -2.77. The normalized spacial score (nSPS) is 13.7. The predicted molar refractivity (Wildman–Crippen MR) is 95.0 cm³/mol. The van der Waals surface area contributed by atoms with Gasteiger partial charge in [0.15, 0.2) is 0 Å². The molecule has 156 valence electrons. The lowest BCUT2D eigenvalue weighted by molar-refractivity contribution is -0.138. The van der Waals surface area contributed by atoms with Gasteiger partial charge in [0.25, 0.3) is 0 Å². The van der Waals surface area contributed by atoms with Crippen LogP contribution >= 0.6 is 0 Å². The molecular formula is C21H18F6O2. The van der Waals surface area contributed by atoms with Crippen molar-refractivity contribution in [3.8, 4) is 0 Å². The smallest absolute Gasteiger partial charge is 0.416 e. The van der Waals surface area contributed by atoms with Crippen LogP contribution in [0.3, 0.4) is 0 Å². The van der Waals surface area contributed by atoms with Gasteiger partial charge in [-0.25, -0.2) is 4.79 Å². The van der Waals surface area contributed by atoms with Crippen molar-refractivity contribution in [2.75, 3.05) is 0 Å². The zero-order chi connectivity index (χ0) is 22.0. The van der Waals surface area contributed by atoms with Crippen molar-refractivity contribution in [2.45, 2.75) is 32.3 Å². The molecule has 0 aliphatic heterocycles. The van der Waals surface area contributed by atoms with Crippen molar-refractivity contribution in [1.29, 1.82) is 0 Å². The summed E-state index contributed by atoms with van der Waals surface area (Å²) in [5.74, 6) is -0.904. The summed E-state index contributed by atoms with van der Waals surface area (Å²) >= 11 is 0. The molecule has 0 N–H and O–H groups in total. The van der Waals surface area contributed by atoms with E-state index in [1.165, 1.54) is 18.2 Å². The third kappa shape index (κ3) is 5.40. The van der Waals surface area contributed by atoms with Crippen molar-refractivity contribution in [3.63, 3.8) is 0 Å². The van der Waals surface area contributed by atoms with Crippen molar-refractivity contribution >= 4 is 5.97 Å². The number of benzene rings is 2. The standard InChI is InChI=1S/C21H18F6O2/c1-4-19(2,3)17(13-5-9-15(10-6-13)20(22,23)24)29-18(28)14-7-11-16(12-8-14)21(25,26)27/h4-12,17H,1H2,2-3H3. The van der Waals surface area contributed by atoms with E-state index in [2.05, 4.69) is 6.58 Å². The highest BCUT2D eigenvalue weighted by Crippen LogP contribution is 2.39. The molecule has 8 heteroatoms. The van der Waals surface area contributed by atoms with Gasteiger partial charge in [-0.2, -0.15) is 26.3 Å². The summed E-state index contributed by atoms with van der Waals surface area (Å²) < 4.78 is 81.8. The van der Waals surface area contributed by atoms with Crippen LogP contribution in [0.25, 0.3) is 0 Å². The van der Waals surface area contributed by atoms with Crippen LogP contribution < -0.4 is 0 Å². The van der Waals surface area contributed by atoms with Crippen LogP contribution in [-0.2, 0) is 17.1 Å². The van der Waals surface area contributed by atoms with E-state index >= 15 is 0 Å². The topological polar surface area (TPSA) is 26.3 Å². The van der Waals surface area contributed by atoms with Crippen LogP contribution in [0, 0.1) is 5.41 Å². The highest BCUT2D eigenvalue weighted by atomic mass is 19.4. The second-order valence-electron chi connectivity index (χ2n) is 7.01. The number of ether oxygens (including phenoxy) is 1. The van der Waals surface area contributed by atoms with Crippen LogP contribution in [0.5, 0.6) is 0 Å². The van der Waals surface area contributed by atoms with Gasteiger partial charge in [-0.3, -0.25) is 0 Å². The molecule has 0 heterocycles. The maximum Gasteiger partial charge on any atom is 0.416 e. The van der Waals surface area contributed by atoms with Crippen LogP contribution in [-0.4, -0.2) is 5.97 Å². The van der Waals surface area contributed by atoms with E-state index in [4.69, 9.17) is 4.74 Å². The zero-order valence-corrected chi connectivity index (χ0v) is 15.6. The Bertz CT molecular complexity index is 862. The molecule has 0 aliphatic carbocycles. The highest BCUT2D eigenvalue weighted by molar-refractivity contribution is 5.89. The maximum atomic E-state index is 12.8. The molecule has 1 atom stereocenters. The molecular weight excluding hydrogens is 398 g/mol. The SMILES string of the molecule is C=CC(C)(C)C(OC(=O)c1ccc(C(F)(F)F)cc1)c1ccc(C(F)(F)F)cc1. The first kappa shape index (κ1) is 22.5. The summed E-state index contributed by atoms with van der Waals surface area (Å²) in [6.45, 7) is 7.00. The van der Waals surface area contributed by atoms with Crippen LogP contribution in [0.15, 0.2) is 61.2 Å². The van der Waals surface area contributed by atoms with Gasteiger partial charge >= 0.3 is 18.3 Å². The van der Waals surface area contributed by atoms with Gasteiger partial charge in [-0.1, -0.05) is 32.1 Å². The fourth-order valence-corrected chi connectivity index (χ4v) is 2.57. The van der Waals surface area contributed by atoms with E-state index in [0.29, 0.717) is 5.56 Å². The Morgan fingerprint density at radius 2 is 1.28 bits per heavy atom. The predicted octanol–water partition coefficient (Wildman–Crippen LogP) is 6.83. The summed E-state index contributed by atoms with van der Waals surface area (Å²) in [5, 5.41) is 0. The van der Waals surface area contributed by atoms with Gasteiger partial charge in [0.1, 0.15) is 6.10 Å². The summed E-state index contributed by atoms with van der Waals surface area (Å²) in [6.07, 6.45) is -8.58. The second kappa shape index (κ2) is 7.93. The first-order chi connectivity index (χ1) is 13.3. The van der Waals surface area contributed by atoms with Gasteiger partial charge in [0.05, 0.1) is 16.7 Å². The van der Waals surface area contributed by atoms with Crippen molar-refractivity contribution < 1.29 is 35.9 Å². The number of halogens is 6. The van der Waals surface area contributed by atoms with Gasteiger partial charge in [0, 0.05) is 5.41 Å². The van der Waals surface area contributed by atoms with Gasteiger partial charge in [0.2, 0.25) is 0 Å².